The molecule has 248 valence electrons. The molecule has 0 bridgehead atoms. The molecule has 0 saturated heterocycles. The van der Waals surface area contributed by atoms with Crippen molar-refractivity contribution in [3.63, 3.8) is 0 Å². The fourth-order valence-corrected chi connectivity index (χ4v) is 6.75. The normalized spacial score (nSPS) is 14.3. The average Bonchev–Trinajstić information content (AvgIpc) is 3.03. The lowest BCUT2D eigenvalue weighted by molar-refractivity contribution is -0.499. The highest BCUT2D eigenvalue weighted by Gasteiger charge is 2.25. The number of benzene rings is 4. The van der Waals surface area contributed by atoms with Gasteiger partial charge in [-0.15, -0.1) is 0 Å². The van der Waals surface area contributed by atoms with Crippen molar-refractivity contribution in [3.05, 3.63) is 130 Å². The van der Waals surface area contributed by atoms with E-state index in [1.165, 1.54) is 77.2 Å². The predicted molar refractivity (Wildman–Crippen MR) is 186 cm³/mol. The number of likely N-dealkylation sites (N-methyl/N-ethyl adjacent to an activating group) is 2. The van der Waals surface area contributed by atoms with E-state index in [0.717, 1.165) is 37.1 Å². The van der Waals surface area contributed by atoms with E-state index in [4.69, 9.17) is 9.11 Å². The zero-order chi connectivity index (χ0) is 34.2. The lowest BCUT2D eigenvalue weighted by atomic mass is 9.91. The van der Waals surface area contributed by atoms with Gasteiger partial charge in [0.1, 0.15) is 27.2 Å². The van der Waals surface area contributed by atoms with Gasteiger partial charge in [-0.1, -0.05) is 71.8 Å². The summed E-state index contributed by atoms with van der Waals surface area (Å²) < 4.78 is 64.0. The average molecular weight is 677 g/mol. The first-order valence-electron chi connectivity index (χ1n) is 15.6. The molecule has 0 amide bonds. The van der Waals surface area contributed by atoms with Crippen LogP contribution in [0.3, 0.4) is 0 Å². The molecule has 0 unspecified atom stereocenters. The summed E-state index contributed by atoms with van der Waals surface area (Å²) in [7, 11) is -3.54. The van der Waals surface area contributed by atoms with E-state index in [0.29, 0.717) is 0 Å². The maximum absolute atomic E-state index is 10.5. The second kappa shape index (κ2) is 15.8. The molecule has 47 heavy (non-hydrogen) atoms. The first-order chi connectivity index (χ1) is 22.2. The third kappa shape index (κ3) is 10.0. The van der Waals surface area contributed by atoms with Gasteiger partial charge in [0.2, 0.25) is 0 Å². The quantitative estimate of drug-likeness (QED) is 0.191. The van der Waals surface area contributed by atoms with Crippen molar-refractivity contribution in [2.75, 3.05) is 27.2 Å². The Labute approximate surface area is 279 Å². The maximum Gasteiger partial charge on any atom is 0.294 e. The summed E-state index contributed by atoms with van der Waals surface area (Å²) in [6, 6.07) is 29.9. The van der Waals surface area contributed by atoms with Crippen LogP contribution in [0.15, 0.2) is 107 Å². The zero-order valence-corrected chi connectivity index (χ0v) is 29.1. The van der Waals surface area contributed by atoms with Crippen LogP contribution in [0.1, 0.15) is 52.6 Å². The molecule has 8 nitrogen and oxygen atoms in total. The Kier molecular flexibility index (Phi) is 12.0. The molecule has 6 rings (SSSR count). The van der Waals surface area contributed by atoms with Crippen molar-refractivity contribution in [1.82, 2.24) is 0 Å². The summed E-state index contributed by atoms with van der Waals surface area (Å²) >= 11 is 0. The molecule has 0 radical (unpaired) electrons. The monoisotopic (exact) mass is 676 g/mol. The van der Waals surface area contributed by atoms with E-state index in [1.807, 2.05) is 13.8 Å². The lowest BCUT2D eigenvalue weighted by Crippen LogP contribution is -2.29. The van der Waals surface area contributed by atoms with Crippen molar-refractivity contribution in [2.24, 2.45) is 0 Å². The van der Waals surface area contributed by atoms with E-state index >= 15 is 0 Å². The molecule has 0 fully saturated rings. The topological polar surface area (TPSA) is 115 Å². The summed E-state index contributed by atoms with van der Waals surface area (Å²) in [4.78, 5) is -0.133. The molecule has 0 atom stereocenters. The number of hydrogen-bond acceptors (Lipinski definition) is 4. The number of rotatable bonds is 6. The lowest BCUT2D eigenvalue weighted by Gasteiger charge is -2.18. The fraction of sp³-hybridized carbons (Fsp3) is 0.297. The number of hydrogen-bond donors (Lipinski definition) is 2. The van der Waals surface area contributed by atoms with Crippen LogP contribution in [0.2, 0.25) is 0 Å². The molecule has 2 aliphatic heterocycles. The van der Waals surface area contributed by atoms with Crippen molar-refractivity contribution < 1.29 is 35.1 Å². The van der Waals surface area contributed by atoms with Crippen LogP contribution in [-0.2, 0) is 33.1 Å². The van der Waals surface area contributed by atoms with E-state index in [1.54, 1.807) is 24.3 Å². The molecule has 2 heterocycles. The van der Waals surface area contributed by atoms with Gasteiger partial charge in [0.25, 0.3) is 20.2 Å². The number of aryl methyl sites for hydroxylation is 2. The fourth-order valence-electron chi connectivity index (χ4n) is 5.79. The first kappa shape index (κ1) is 35.9. The van der Waals surface area contributed by atoms with Gasteiger partial charge in [0, 0.05) is 36.8 Å². The summed E-state index contributed by atoms with van der Waals surface area (Å²) in [5.41, 5.74) is 10.9. The molecule has 0 spiro atoms. The zero-order valence-electron chi connectivity index (χ0n) is 27.4. The van der Waals surface area contributed by atoms with Gasteiger partial charge in [0.15, 0.2) is 11.4 Å². The predicted octanol–water partition coefficient (Wildman–Crippen LogP) is 6.02. The van der Waals surface area contributed by atoms with Gasteiger partial charge in [-0.2, -0.15) is 16.8 Å². The Morgan fingerprint density at radius 3 is 1.23 bits per heavy atom. The largest absolute Gasteiger partial charge is 0.294 e. The standard InChI is InChI=1S/C23H28N2.2C7H8O3S/c1-24-16-14-18-8-3-5-10-20(18)22(24)12-7-13-23-21-11-6-4-9-19(21)15-17-25(23)2;2*1-6-2-4-7(5-3-6)11(8,9)10/h3-6,8-11H,7,12-17H2,1-2H3;2*2-5H,1H3,(H,8,9,10)/q+2;;. The molecular weight excluding hydrogens is 633 g/mol. The molecule has 10 heteroatoms. The van der Waals surface area contributed by atoms with Gasteiger partial charge < -0.3 is 0 Å². The van der Waals surface area contributed by atoms with Crippen LogP contribution in [0, 0.1) is 13.8 Å². The molecule has 0 aliphatic carbocycles. The van der Waals surface area contributed by atoms with Crippen molar-refractivity contribution in [2.45, 2.75) is 55.7 Å². The first-order valence-corrected chi connectivity index (χ1v) is 18.5. The minimum Gasteiger partial charge on any atom is -0.282 e. The van der Waals surface area contributed by atoms with Gasteiger partial charge >= 0.3 is 0 Å². The van der Waals surface area contributed by atoms with Crippen LogP contribution in [-0.4, -0.2) is 73.7 Å². The molecule has 4 aromatic carbocycles. The Bertz CT molecular complexity index is 1840. The highest BCUT2D eigenvalue weighted by Crippen LogP contribution is 2.21. The highest BCUT2D eigenvalue weighted by atomic mass is 32.2. The Morgan fingerprint density at radius 2 is 0.894 bits per heavy atom. The molecule has 2 N–H and O–H groups in total. The van der Waals surface area contributed by atoms with E-state index in [9.17, 15) is 16.8 Å². The van der Waals surface area contributed by atoms with Gasteiger partial charge in [-0.25, -0.2) is 9.15 Å². The SMILES string of the molecule is C[N+]1=C(CCCC2=[N+](C)CCc3ccccc32)c2ccccc2CC1.Cc1ccc(S(=O)(=O)O)cc1.Cc1ccc(S(=O)(=O)O)cc1. The summed E-state index contributed by atoms with van der Waals surface area (Å²) in [6.45, 7) is 5.97. The van der Waals surface area contributed by atoms with Crippen LogP contribution in [0.4, 0.5) is 0 Å². The molecular formula is C37H44N2O6S2+2. The Hall–Kier alpha value is -3.96. The Balaban J connectivity index is 0.000000188. The third-order valence-electron chi connectivity index (χ3n) is 8.48. The van der Waals surface area contributed by atoms with Crippen LogP contribution in [0.5, 0.6) is 0 Å². The van der Waals surface area contributed by atoms with Gasteiger partial charge in [-0.05, 0) is 67.8 Å². The molecule has 0 aromatic heterocycles. The summed E-state index contributed by atoms with van der Waals surface area (Å²) in [5.74, 6) is 0. The molecule has 4 aromatic rings. The second-order valence-electron chi connectivity index (χ2n) is 12.0. The van der Waals surface area contributed by atoms with E-state index < -0.39 is 20.2 Å². The van der Waals surface area contributed by atoms with Crippen LogP contribution >= 0.6 is 0 Å². The smallest absolute Gasteiger partial charge is 0.282 e. The van der Waals surface area contributed by atoms with Crippen molar-refractivity contribution in [1.29, 1.82) is 0 Å². The molecule has 0 saturated carbocycles. The van der Waals surface area contributed by atoms with Crippen molar-refractivity contribution >= 4 is 31.7 Å². The summed E-state index contributed by atoms with van der Waals surface area (Å²) in [5, 5.41) is 0. The highest BCUT2D eigenvalue weighted by molar-refractivity contribution is 7.86. The number of fused-ring (bicyclic) bond motifs is 2. The third-order valence-corrected chi connectivity index (χ3v) is 10.2. The molecule has 2 aliphatic rings. The van der Waals surface area contributed by atoms with Crippen LogP contribution < -0.4 is 0 Å². The Morgan fingerprint density at radius 1 is 0.553 bits per heavy atom. The minimum atomic E-state index is -4.02. The van der Waals surface area contributed by atoms with Crippen LogP contribution in [0.25, 0.3) is 0 Å². The van der Waals surface area contributed by atoms with Gasteiger partial charge in [-0.3, -0.25) is 9.11 Å². The number of nitrogens with zero attached hydrogens (tertiary/aromatic N) is 2. The van der Waals surface area contributed by atoms with Crippen molar-refractivity contribution in [3.8, 4) is 0 Å². The summed E-state index contributed by atoms with van der Waals surface area (Å²) in [6.07, 6.45) is 5.87. The maximum atomic E-state index is 10.5. The minimum absolute atomic E-state index is 0.0666. The second-order valence-corrected chi connectivity index (χ2v) is 14.8. The van der Waals surface area contributed by atoms with E-state index in [-0.39, 0.29) is 9.79 Å². The van der Waals surface area contributed by atoms with E-state index in [2.05, 4.69) is 71.8 Å². The van der Waals surface area contributed by atoms with Gasteiger partial charge in [0.05, 0.1) is 9.79 Å².